The van der Waals surface area contributed by atoms with Crippen molar-refractivity contribution in [3.63, 3.8) is 0 Å². The Morgan fingerprint density at radius 1 is 1.29 bits per heavy atom. The molecule has 0 saturated heterocycles. The summed E-state index contributed by atoms with van der Waals surface area (Å²) in [6.45, 7) is 4.84. The Labute approximate surface area is 130 Å². The largest absolute Gasteiger partial charge is 0.361 e. The van der Waals surface area contributed by atoms with Crippen LogP contribution in [0.1, 0.15) is 29.8 Å². The molecule has 0 saturated carbocycles. The van der Waals surface area contributed by atoms with E-state index in [0.29, 0.717) is 13.0 Å². The van der Waals surface area contributed by atoms with E-state index in [1.54, 1.807) is 11.3 Å². The van der Waals surface area contributed by atoms with Crippen LogP contribution in [0.15, 0.2) is 41.8 Å². The molecule has 4 heteroatoms. The standard InChI is InChI=1S/C17H21N3S/c1-13-9-12-21-17(13)16(14(2)19)20(11-6-10-18)15-7-4-3-5-8-15/h3-5,7-9,12,14,16H,6,11,19H2,1-2H3. The number of hydrogen-bond acceptors (Lipinski definition) is 4. The van der Waals surface area contributed by atoms with E-state index >= 15 is 0 Å². The lowest BCUT2D eigenvalue weighted by Gasteiger charge is -2.35. The normalized spacial score (nSPS) is 13.4. The van der Waals surface area contributed by atoms with Gasteiger partial charge in [0.15, 0.2) is 0 Å². The summed E-state index contributed by atoms with van der Waals surface area (Å²) in [5.74, 6) is 0. The lowest BCUT2D eigenvalue weighted by molar-refractivity contribution is 0.537. The van der Waals surface area contributed by atoms with E-state index in [0.717, 1.165) is 5.69 Å². The van der Waals surface area contributed by atoms with Crippen molar-refractivity contribution < 1.29 is 0 Å². The molecule has 2 rings (SSSR count). The quantitative estimate of drug-likeness (QED) is 0.881. The lowest BCUT2D eigenvalue weighted by atomic mass is 10.0. The first kappa shape index (κ1) is 15.6. The van der Waals surface area contributed by atoms with E-state index in [4.69, 9.17) is 11.0 Å². The molecule has 110 valence electrons. The number of nitriles is 1. The molecule has 2 aromatic rings. The first-order valence-corrected chi connectivity index (χ1v) is 8.01. The SMILES string of the molecule is Cc1ccsc1C(C(C)N)N(CCC#N)c1ccccc1. The van der Waals surface area contributed by atoms with Gasteiger partial charge in [0, 0.05) is 23.2 Å². The van der Waals surface area contributed by atoms with Crippen LogP contribution in [-0.2, 0) is 0 Å². The maximum Gasteiger partial charge on any atom is 0.0786 e. The summed E-state index contributed by atoms with van der Waals surface area (Å²) in [5.41, 5.74) is 8.67. The number of rotatable bonds is 6. The van der Waals surface area contributed by atoms with Crippen LogP contribution in [0.3, 0.4) is 0 Å². The van der Waals surface area contributed by atoms with Crippen molar-refractivity contribution in [3.05, 3.63) is 52.2 Å². The summed E-state index contributed by atoms with van der Waals surface area (Å²) < 4.78 is 0. The molecule has 2 atom stereocenters. The third kappa shape index (κ3) is 3.63. The average Bonchev–Trinajstić information content (AvgIpc) is 2.89. The van der Waals surface area contributed by atoms with Crippen LogP contribution in [0.5, 0.6) is 0 Å². The molecule has 1 heterocycles. The Morgan fingerprint density at radius 3 is 2.52 bits per heavy atom. The van der Waals surface area contributed by atoms with Crippen molar-refractivity contribution in [3.8, 4) is 6.07 Å². The van der Waals surface area contributed by atoms with E-state index < -0.39 is 0 Å². The zero-order valence-electron chi connectivity index (χ0n) is 12.5. The number of para-hydroxylation sites is 1. The summed E-state index contributed by atoms with van der Waals surface area (Å²) in [5, 5.41) is 11.1. The highest BCUT2D eigenvalue weighted by atomic mass is 32.1. The number of nitrogens with zero attached hydrogens (tertiary/aromatic N) is 2. The number of nitrogens with two attached hydrogens (primary N) is 1. The third-order valence-corrected chi connectivity index (χ3v) is 4.65. The van der Waals surface area contributed by atoms with Gasteiger partial charge in [0.05, 0.1) is 18.5 Å². The maximum atomic E-state index is 8.96. The second-order valence-corrected chi connectivity index (χ2v) is 6.16. The molecule has 1 aromatic heterocycles. The molecule has 0 amide bonds. The predicted octanol–water partition coefficient (Wildman–Crippen LogP) is 3.87. The molecule has 2 N–H and O–H groups in total. The van der Waals surface area contributed by atoms with Crippen molar-refractivity contribution in [2.45, 2.75) is 32.4 Å². The van der Waals surface area contributed by atoms with Gasteiger partial charge in [0.1, 0.15) is 0 Å². The lowest BCUT2D eigenvalue weighted by Crippen LogP contribution is -2.40. The van der Waals surface area contributed by atoms with Gasteiger partial charge in [-0.3, -0.25) is 0 Å². The van der Waals surface area contributed by atoms with Crippen LogP contribution in [0.2, 0.25) is 0 Å². The molecule has 0 aliphatic rings. The fourth-order valence-electron chi connectivity index (χ4n) is 2.57. The molecule has 0 bridgehead atoms. The molecule has 0 spiro atoms. The van der Waals surface area contributed by atoms with Crippen molar-refractivity contribution in [2.24, 2.45) is 5.73 Å². The first-order valence-electron chi connectivity index (χ1n) is 7.13. The van der Waals surface area contributed by atoms with Crippen LogP contribution in [0, 0.1) is 18.3 Å². The zero-order chi connectivity index (χ0) is 15.2. The van der Waals surface area contributed by atoms with Crippen LogP contribution >= 0.6 is 11.3 Å². The van der Waals surface area contributed by atoms with Gasteiger partial charge in [-0.1, -0.05) is 18.2 Å². The van der Waals surface area contributed by atoms with Gasteiger partial charge in [-0.25, -0.2) is 0 Å². The average molecular weight is 299 g/mol. The van der Waals surface area contributed by atoms with Gasteiger partial charge >= 0.3 is 0 Å². The van der Waals surface area contributed by atoms with Crippen molar-refractivity contribution >= 4 is 17.0 Å². The number of hydrogen-bond donors (Lipinski definition) is 1. The third-order valence-electron chi connectivity index (χ3n) is 3.56. The molecule has 21 heavy (non-hydrogen) atoms. The summed E-state index contributed by atoms with van der Waals surface area (Å²) in [7, 11) is 0. The molecule has 3 nitrogen and oxygen atoms in total. The highest BCUT2D eigenvalue weighted by Gasteiger charge is 2.26. The highest BCUT2D eigenvalue weighted by molar-refractivity contribution is 7.10. The summed E-state index contributed by atoms with van der Waals surface area (Å²) in [6.07, 6.45) is 0.489. The Balaban J connectivity index is 2.41. The number of aryl methyl sites for hydroxylation is 1. The van der Waals surface area contributed by atoms with Crippen LogP contribution in [0.4, 0.5) is 5.69 Å². The second-order valence-electron chi connectivity index (χ2n) is 5.21. The topological polar surface area (TPSA) is 53.0 Å². The van der Waals surface area contributed by atoms with Gasteiger partial charge in [-0.05, 0) is 43.0 Å². The van der Waals surface area contributed by atoms with Gasteiger partial charge in [-0.15, -0.1) is 11.3 Å². The zero-order valence-corrected chi connectivity index (χ0v) is 13.3. The minimum atomic E-state index is -0.0127. The first-order chi connectivity index (χ1) is 10.1. The van der Waals surface area contributed by atoms with Crippen molar-refractivity contribution in [1.82, 2.24) is 0 Å². The summed E-state index contributed by atoms with van der Waals surface area (Å²) in [6, 6.07) is 14.7. The fourth-order valence-corrected chi connectivity index (χ4v) is 3.72. The molecule has 1 aromatic carbocycles. The minimum Gasteiger partial charge on any atom is -0.361 e. The number of benzene rings is 1. The fraction of sp³-hybridized carbons (Fsp3) is 0.353. The predicted molar refractivity (Wildman–Crippen MR) is 89.5 cm³/mol. The van der Waals surface area contributed by atoms with E-state index in [-0.39, 0.29) is 12.1 Å². The molecular weight excluding hydrogens is 278 g/mol. The highest BCUT2D eigenvalue weighted by Crippen LogP contribution is 2.34. The van der Waals surface area contributed by atoms with Crippen LogP contribution in [0.25, 0.3) is 0 Å². The van der Waals surface area contributed by atoms with Crippen molar-refractivity contribution in [1.29, 1.82) is 5.26 Å². The molecule has 2 unspecified atom stereocenters. The second kappa shape index (κ2) is 7.26. The van der Waals surface area contributed by atoms with E-state index in [1.807, 2.05) is 25.1 Å². The molecule has 0 aliphatic heterocycles. The van der Waals surface area contributed by atoms with Crippen molar-refractivity contribution in [2.75, 3.05) is 11.4 Å². The molecule has 0 aliphatic carbocycles. The Hall–Kier alpha value is -1.83. The molecule has 0 fully saturated rings. The summed E-state index contributed by atoms with van der Waals surface area (Å²) in [4.78, 5) is 3.54. The van der Waals surface area contributed by atoms with Gasteiger partial charge < -0.3 is 10.6 Å². The van der Waals surface area contributed by atoms with Crippen LogP contribution < -0.4 is 10.6 Å². The van der Waals surface area contributed by atoms with Gasteiger partial charge in [-0.2, -0.15) is 5.26 Å². The smallest absolute Gasteiger partial charge is 0.0786 e. The van der Waals surface area contributed by atoms with E-state index in [9.17, 15) is 0 Å². The Kier molecular flexibility index (Phi) is 5.38. The van der Waals surface area contributed by atoms with E-state index in [1.165, 1.54) is 10.4 Å². The van der Waals surface area contributed by atoms with E-state index in [2.05, 4.69) is 41.5 Å². The van der Waals surface area contributed by atoms with Gasteiger partial charge in [0.25, 0.3) is 0 Å². The van der Waals surface area contributed by atoms with Crippen LogP contribution in [-0.4, -0.2) is 12.6 Å². The molecule has 0 radical (unpaired) electrons. The molecular formula is C17H21N3S. The summed E-state index contributed by atoms with van der Waals surface area (Å²) >= 11 is 1.74. The number of anilines is 1. The minimum absolute atomic E-state index is 0.0127. The Morgan fingerprint density at radius 2 is 2.00 bits per heavy atom. The number of thiophene rings is 1. The van der Waals surface area contributed by atoms with Gasteiger partial charge in [0.2, 0.25) is 0 Å². The Bertz CT molecular complexity index is 598. The maximum absolute atomic E-state index is 8.96. The monoisotopic (exact) mass is 299 g/mol.